The zero-order valence-electron chi connectivity index (χ0n) is 11.4. The molecule has 0 aliphatic rings. The van der Waals surface area contributed by atoms with E-state index in [2.05, 4.69) is 24.0 Å². The highest BCUT2D eigenvalue weighted by atomic mass is 32.2. The highest BCUT2D eigenvalue weighted by Gasteiger charge is 2.14. The van der Waals surface area contributed by atoms with E-state index >= 15 is 0 Å². The van der Waals surface area contributed by atoms with Crippen LogP contribution < -0.4 is 5.73 Å². The maximum Gasteiger partial charge on any atom is 0.243 e. The van der Waals surface area contributed by atoms with Crippen LogP contribution >= 0.6 is 11.8 Å². The van der Waals surface area contributed by atoms with Crippen molar-refractivity contribution in [1.29, 1.82) is 0 Å². The smallest absolute Gasteiger partial charge is 0.243 e. The Morgan fingerprint density at radius 1 is 1.50 bits per heavy atom. The van der Waals surface area contributed by atoms with Gasteiger partial charge in [0, 0.05) is 19.0 Å². The Hall–Kier alpha value is -0.590. The van der Waals surface area contributed by atoms with Gasteiger partial charge in [0.15, 0.2) is 5.82 Å². The van der Waals surface area contributed by atoms with Gasteiger partial charge in [-0.25, -0.2) is 0 Å². The van der Waals surface area contributed by atoms with E-state index in [0.717, 1.165) is 30.8 Å². The molecule has 2 N–H and O–H groups in total. The standard InChI is InChI=1S/C12H23N3O2S/c1-4-9(2)18-8-11-14-12(17-15-11)10(13)6-5-7-16-3/h9-10H,4-8,13H2,1-3H3. The molecule has 5 nitrogen and oxygen atoms in total. The van der Waals surface area contributed by atoms with Crippen molar-refractivity contribution in [3.05, 3.63) is 11.7 Å². The van der Waals surface area contributed by atoms with Gasteiger partial charge in [0.1, 0.15) is 0 Å². The summed E-state index contributed by atoms with van der Waals surface area (Å²) in [6, 6.07) is -0.185. The Balaban J connectivity index is 2.37. The van der Waals surface area contributed by atoms with Gasteiger partial charge in [-0.1, -0.05) is 19.0 Å². The summed E-state index contributed by atoms with van der Waals surface area (Å²) in [4.78, 5) is 4.33. The normalized spacial score (nSPS) is 14.7. The molecule has 0 spiro atoms. The maximum absolute atomic E-state index is 5.97. The summed E-state index contributed by atoms with van der Waals surface area (Å²) < 4.78 is 10.2. The van der Waals surface area contributed by atoms with Gasteiger partial charge in [0.25, 0.3) is 0 Å². The number of thioether (sulfide) groups is 1. The minimum atomic E-state index is -0.185. The minimum absolute atomic E-state index is 0.185. The molecule has 0 aliphatic carbocycles. The summed E-state index contributed by atoms with van der Waals surface area (Å²) >= 11 is 1.83. The number of nitrogens with two attached hydrogens (primary N) is 1. The van der Waals surface area contributed by atoms with Crippen molar-refractivity contribution < 1.29 is 9.26 Å². The lowest BCUT2D eigenvalue weighted by atomic mass is 10.2. The summed E-state index contributed by atoms with van der Waals surface area (Å²) in [5.74, 6) is 2.05. The maximum atomic E-state index is 5.97. The summed E-state index contributed by atoms with van der Waals surface area (Å²) in [5, 5.41) is 4.57. The van der Waals surface area contributed by atoms with Gasteiger partial charge in [-0.3, -0.25) is 0 Å². The third-order valence-electron chi connectivity index (χ3n) is 2.74. The summed E-state index contributed by atoms with van der Waals surface area (Å²) in [5.41, 5.74) is 5.97. The Labute approximate surface area is 113 Å². The molecule has 0 radical (unpaired) electrons. The van der Waals surface area contributed by atoms with Crippen molar-refractivity contribution in [3.8, 4) is 0 Å². The molecule has 1 heterocycles. The lowest BCUT2D eigenvalue weighted by Crippen LogP contribution is -2.11. The summed E-state index contributed by atoms with van der Waals surface area (Å²) in [6.45, 7) is 5.08. The monoisotopic (exact) mass is 273 g/mol. The van der Waals surface area contributed by atoms with Gasteiger partial charge >= 0.3 is 0 Å². The van der Waals surface area contributed by atoms with Gasteiger partial charge in [-0.05, 0) is 19.3 Å². The fraction of sp³-hybridized carbons (Fsp3) is 0.833. The van der Waals surface area contributed by atoms with E-state index in [1.165, 1.54) is 0 Å². The number of aromatic nitrogens is 2. The third-order valence-corrected chi connectivity index (χ3v) is 4.06. The third kappa shape index (κ3) is 5.37. The van der Waals surface area contributed by atoms with Crippen molar-refractivity contribution in [1.82, 2.24) is 10.1 Å². The van der Waals surface area contributed by atoms with Gasteiger partial charge in [0.05, 0.1) is 11.8 Å². The molecule has 6 heteroatoms. The SMILES string of the molecule is CCC(C)SCc1noc(C(N)CCCOC)n1. The van der Waals surface area contributed by atoms with Crippen LogP contribution in [0.3, 0.4) is 0 Å². The lowest BCUT2D eigenvalue weighted by Gasteiger charge is -2.05. The number of methoxy groups -OCH3 is 1. The number of nitrogens with zero attached hydrogens (tertiary/aromatic N) is 2. The molecular weight excluding hydrogens is 250 g/mol. The van der Waals surface area contributed by atoms with E-state index in [-0.39, 0.29) is 6.04 Å². The van der Waals surface area contributed by atoms with Crippen LogP contribution in [0.5, 0.6) is 0 Å². The molecule has 1 rings (SSSR count). The fourth-order valence-corrected chi connectivity index (χ4v) is 2.17. The van der Waals surface area contributed by atoms with Crippen molar-refractivity contribution >= 4 is 11.8 Å². The zero-order valence-corrected chi connectivity index (χ0v) is 12.2. The van der Waals surface area contributed by atoms with Crippen molar-refractivity contribution in [2.24, 2.45) is 5.73 Å². The van der Waals surface area contributed by atoms with E-state index in [9.17, 15) is 0 Å². The number of ether oxygens (including phenoxy) is 1. The van der Waals surface area contributed by atoms with Crippen LogP contribution in [-0.2, 0) is 10.5 Å². The number of rotatable bonds is 9. The van der Waals surface area contributed by atoms with Crippen LogP contribution in [0.1, 0.15) is 50.9 Å². The quantitative estimate of drug-likeness (QED) is 0.697. The molecule has 1 aromatic rings. The van der Waals surface area contributed by atoms with Crippen LogP contribution in [0.15, 0.2) is 4.52 Å². The molecule has 104 valence electrons. The first-order valence-electron chi connectivity index (χ1n) is 6.36. The van der Waals surface area contributed by atoms with E-state index in [1.54, 1.807) is 7.11 Å². The predicted octanol–water partition coefficient (Wildman–Crippen LogP) is 2.53. The zero-order chi connectivity index (χ0) is 13.4. The number of hydrogen-bond donors (Lipinski definition) is 1. The van der Waals surface area contributed by atoms with E-state index in [1.807, 2.05) is 11.8 Å². The van der Waals surface area contributed by atoms with Crippen LogP contribution in [0.4, 0.5) is 0 Å². The predicted molar refractivity (Wildman–Crippen MR) is 73.4 cm³/mol. The van der Waals surface area contributed by atoms with Crippen LogP contribution in [0.25, 0.3) is 0 Å². The second-order valence-electron chi connectivity index (χ2n) is 4.32. The van der Waals surface area contributed by atoms with Gasteiger partial charge in [0.2, 0.25) is 5.89 Å². The van der Waals surface area contributed by atoms with Crippen LogP contribution in [0.2, 0.25) is 0 Å². The Kier molecular flexibility index (Phi) is 7.31. The van der Waals surface area contributed by atoms with Crippen molar-refractivity contribution in [2.75, 3.05) is 13.7 Å². The molecule has 0 saturated carbocycles. The van der Waals surface area contributed by atoms with E-state index in [0.29, 0.717) is 17.7 Å². The van der Waals surface area contributed by atoms with Crippen LogP contribution in [-0.4, -0.2) is 29.1 Å². The molecule has 0 aromatic carbocycles. The summed E-state index contributed by atoms with van der Waals surface area (Å²) in [7, 11) is 1.68. The Morgan fingerprint density at radius 3 is 2.94 bits per heavy atom. The van der Waals surface area contributed by atoms with E-state index < -0.39 is 0 Å². The molecule has 0 saturated heterocycles. The molecular formula is C12H23N3O2S. The Bertz CT molecular complexity index is 333. The fourth-order valence-electron chi connectivity index (χ4n) is 1.38. The second-order valence-corrected chi connectivity index (χ2v) is 5.75. The van der Waals surface area contributed by atoms with Gasteiger partial charge < -0.3 is 15.0 Å². The first kappa shape index (κ1) is 15.5. The average molecular weight is 273 g/mol. The number of hydrogen-bond acceptors (Lipinski definition) is 6. The van der Waals surface area contributed by atoms with Crippen molar-refractivity contribution in [3.63, 3.8) is 0 Å². The molecule has 0 bridgehead atoms. The highest BCUT2D eigenvalue weighted by molar-refractivity contribution is 7.99. The van der Waals surface area contributed by atoms with Gasteiger partial charge in [-0.15, -0.1) is 0 Å². The first-order chi connectivity index (χ1) is 8.67. The minimum Gasteiger partial charge on any atom is -0.385 e. The molecule has 0 amide bonds. The molecule has 2 unspecified atom stereocenters. The van der Waals surface area contributed by atoms with Crippen molar-refractivity contribution in [2.45, 2.75) is 50.2 Å². The second kappa shape index (κ2) is 8.50. The van der Waals surface area contributed by atoms with Crippen LogP contribution in [0, 0.1) is 0 Å². The molecule has 0 aliphatic heterocycles. The average Bonchev–Trinajstić information content (AvgIpc) is 2.85. The summed E-state index contributed by atoms with van der Waals surface area (Å²) in [6.07, 6.45) is 2.84. The Morgan fingerprint density at radius 2 is 2.28 bits per heavy atom. The first-order valence-corrected chi connectivity index (χ1v) is 7.40. The topological polar surface area (TPSA) is 74.2 Å². The molecule has 2 atom stereocenters. The highest BCUT2D eigenvalue weighted by Crippen LogP contribution is 2.20. The molecule has 18 heavy (non-hydrogen) atoms. The van der Waals surface area contributed by atoms with Gasteiger partial charge in [-0.2, -0.15) is 16.7 Å². The van der Waals surface area contributed by atoms with E-state index in [4.69, 9.17) is 15.0 Å². The largest absolute Gasteiger partial charge is 0.385 e. The molecule has 0 fully saturated rings. The molecule has 1 aromatic heterocycles. The lowest BCUT2D eigenvalue weighted by molar-refractivity contribution is 0.188.